The number of hydrogen-bond acceptors (Lipinski definition) is 3. The van der Waals surface area contributed by atoms with Gasteiger partial charge in [0.2, 0.25) is 0 Å². The topological polar surface area (TPSA) is 46.3 Å². The number of nitrogens with two attached hydrogens (primary N) is 1. The van der Waals surface area contributed by atoms with Crippen LogP contribution in [0.3, 0.4) is 0 Å². The van der Waals surface area contributed by atoms with E-state index in [0.717, 1.165) is 16.9 Å². The monoisotopic (exact) mass is 300 g/mol. The Hall–Kier alpha value is -1.65. The lowest BCUT2D eigenvalue weighted by Crippen LogP contribution is -2.32. The average Bonchev–Trinajstić information content (AvgIpc) is 3.13. The molecule has 110 valence electrons. The molecule has 1 aliphatic rings. The standard InChI is InChI=1S/C17H20N2OS/c1-2-12-8-9-21-16(12)17(20)19-10-14(15(18)11-19)13-6-4-3-5-7-13/h3-9,14-15H,2,10-11,18H2,1H3/t14-,15+/m0/s1. The van der Waals surface area contributed by atoms with E-state index in [1.165, 1.54) is 16.9 Å². The van der Waals surface area contributed by atoms with Crippen LogP contribution in [0.4, 0.5) is 0 Å². The molecular formula is C17H20N2OS. The summed E-state index contributed by atoms with van der Waals surface area (Å²) >= 11 is 1.54. The SMILES string of the molecule is CCc1ccsc1C(=O)N1C[C@@H](N)[C@H](c2ccccc2)C1. The Kier molecular flexibility index (Phi) is 4.08. The fourth-order valence-corrected chi connectivity index (χ4v) is 3.96. The van der Waals surface area contributed by atoms with Crippen LogP contribution < -0.4 is 5.73 Å². The van der Waals surface area contributed by atoms with E-state index in [4.69, 9.17) is 5.73 Å². The third-order valence-corrected chi connectivity index (χ3v) is 5.15. The first-order valence-electron chi connectivity index (χ1n) is 7.37. The van der Waals surface area contributed by atoms with E-state index < -0.39 is 0 Å². The lowest BCUT2D eigenvalue weighted by molar-refractivity contribution is 0.0793. The summed E-state index contributed by atoms with van der Waals surface area (Å²) in [7, 11) is 0. The Labute approximate surface area is 129 Å². The van der Waals surface area contributed by atoms with E-state index in [9.17, 15) is 4.79 Å². The van der Waals surface area contributed by atoms with Crippen molar-refractivity contribution in [1.82, 2.24) is 4.90 Å². The molecule has 1 saturated heterocycles. The molecule has 0 radical (unpaired) electrons. The Morgan fingerprint density at radius 2 is 2.05 bits per heavy atom. The predicted molar refractivity (Wildman–Crippen MR) is 86.8 cm³/mol. The molecule has 3 rings (SSSR count). The third-order valence-electron chi connectivity index (χ3n) is 4.20. The second-order valence-electron chi connectivity index (χ2n) is 5.52. The highest BCUT2D eigenvalue weighted by Gasteiger charge is 2.34. The van der Waals surface area contributed by atoms with Crippen LogP contribution in [-0.4, -0.2) is 29.9 Å². The molecule has 4 heteroatoms. The second-order valence-corrected chi connectivity index (χ2v) is 6.44. The average molecular weight is 300 g/mol. The highest BCUT2D eigenvalue weighted by molar-refractivity contribution is 7.12. The molecule has 1 aliphatic heterocycles. The second kappa shape index (κ2) is 6.00. The van der Waals surface area contributed by atoms with Gasteiger partial charge in [0.1, 0.15) is 0 Å². The maximum atomic E-state index is 12.7. The van der Waals surface area contributed by atoms with Gasteiger partial charge in [-0.2, -0.15) is 0 Å². The zero-order chi connectivity index (χ0) is 14.8. The van der Waals surface area contributed by atoms with Crippen molar-refractivity contribution in [3.63, 3.8) is 0 Å². The van der Waals surface area contributed by atoms with Gasteiger partial charge in [-0.25, -0.2) is 0 Å². The minimum absolute atomic E-state index is 0.0152. The molecule has 0 bridgehead atoms. The van der Waals surface area contributed by atoms with Crippen molar-refractivity contribution in [2.75, 3.05) is 13.1 Å². The summed E-state index contributed by atoms with van der Waals surface area (Å²) in [5.41, 5.74) is 8.64. The first-order chi connectivity index (χ1) is 10.2. The zero-order valence-corrected chi connectivity index (χ0v) is 13.0. The molecule has 2 N–H and O–H groups in total. The van der Waals surface area contributed by atoms with Gasteiger partial charge in [0.15, 0.2) is 0 Å². The molecule has 1 aromatic heterocycles. The molecule has 3 nitrogen and oxygen atoms in total. The van der Waals surface area contributed by atoms with Crippen LogP contribution in [0.5, 0.6) is 0 Å². The molecule has 2 heterocycles. The maximum absolute atomic E-state index is 12.7. The highest BCUT2D eigenvalue weighted by atomic mass is 32.1. The number of carbonyl (C=O) groups excluding carboxylic acids is 1. The molecule has 1 fully saturated rings. The third kappa shape index (κ3) is 2.74. The number of aryl methyl sites for hydroxylation is 1. The zero-order valence-electron chi connectivity index (χ0n) is 12.2. The molecular weight excluding hydrogens is 280 g/mol. The van der Waals surface area contributed by atoms with Crippen molar-refractivity contribution in [2.24, 2.45) is 5.73 Å². The Balaban J connectivity index is 1.78. The van der Waals surface area contributed by atoms with Gasteiger partial charge in [-0.3, -0.25) is 4.79 Å². The van der Waals surface area contributed by atoms with E-state index in [1.54, 1.807) is 0 Å². The smallest absolute Gasteiger partial charge is 0.264 e. The summed E-state index contributed by atoms with van der Waals surface area (Å²) in [5, 5.41) is 2.00. The first-order valence-corrected chi connectivity index (χ1v) is 8.24. The van der Waals surface area contributed by atoms with Gasteiger partial charge >= 0.3 is 0 Å². The van der Waals surface area contributed by atoms with E-state index in [1.807, 2.05) is 34.5 Å². The van der Waals surface area contributed by atoms with Crippen LogP contribution in [0.25, 0.3) is 0 Å². The lowest BCUT2D eigenvalue weighted by atomic mass is 9.95. The molecule has 2 aromatic rings. The summed E-state index contributed by atoms with van der Waals surface area (Å²) < 4.78 is 0. The minimum atomic E-state index is 0.0152. The van der Waals surface area contributed by atoms with Crippen molar-refractivity contribution in [3.05, 3.63) is 57.8 Å². The number of thiophene rings is 1. The summed E-state index contributed by atoms with van der Waals surface area (Å²) in [6.07, 6.45) is 0.895. The number of benzene rings is 1. The Morgan fingerprint density at radius 3 is 2.76 bits per heavy atom. The van der Waals surface area contributed by atoms with E-state index in [0.29, 0.717) is 13.1 Å². The van der Waals surface area contributed by atoms with Crippen LogP contribution in [0.15, 0.2) is 41.8 Å². The number of amides is 1. The van der Waals surface area contributed by atoms with E-state index in [2.05, 4.69) is 19.1 Å². The van der Waals surface area contributed by atoms with Crippen LogP contribution in [0.1, 0.15) is 33.6 Å². The minimum Gasteiger partial charge on any atom is -0.336 e. The van der Waals surface area contributed by atoms with Crippen LogP contribution in [0, 0.1) is 0 Å². The van der Waals surface area contributed by atoms with E-state index in [-0.39, 0.29) is 17.9 Å². The van der Waals surface area contributed by atoms with Gasteiger partial charge in [0.05, 0.1) is 4.88 Å². The molecule has 21 heavy (non-hydrogen) atoms. The number of nitrogens with zero attached hydrogens (tertiary/aromatic N) is 1. The molecule has 0 aliphatic carbocycles. The Morgan fingerprint density at radius 1 is 1.29 bits per heavy atom. The van der Waals surface area contributed by atoms with Crippen molar-refractivity contribution >= 4 is 17.2 Å². The van der Waals surface area contributed by atoms with Gasteiger partial charge in [0, 0.05) is 25.0 Å². The molecule has 1 amide bonds. The van der Waals surface area contributed by atoms with Crippen molar-refractivity contribution in [3.8, 4) is 0 Å². The van der Waals surface area contributed by atoms with Gasteiger partial charge in [0.25, 0.3) is 5.91 Å². The fraction of sp³-hybridized carbons (Fsp3) is 0.353. The van der Waals surface area contributed by atoms with Crippen LogP contribution in [-0.2, 0) is 6.42 Å². The van der Waals surface area contributed by atoms with Crippen molar-refractivity contribution in [2.45, 2.75) is 25.3 Å². The fourth-order valence-electron chi connectivity index (χ4n) is 2.99. The summed E-state index contributed by atoms with van der Waals surface area (Å²) in [5.74, 6) is 0.371. The molecule has 0 unspecified atom stereocenters. The number of carbonyl (C=O) groups is 1. The quantitative estimate of drug-likeness (QED) is 0.947. The lowest BCUT2D eigenvalue weighted by Gasteiger charge is -2.16. The molecule has 0 spiro atoms. The predicted octanol–water partition coefficient (Wildman–Crippen LogP) is 2.88. The summed E-state index contributed by atoms with van der Waals surface area (Å²) in [6.45, 7) is 3.44. The number of likely N-dealkylation sites (tertiary alicyclic amines) is 1. The van der Waals surface area contributed by atoms with Crippen molar-refractivity contribution < 1.29 is 4.79 Å². The van der Waals surface area contributed by atoms with Gasteiger partial charge in [-0.1, -0.05) is 37.3 Å². The molecule has 1 aromatic carbocycles. The number of hydrogen-bond donors (Lipinski definition) is 1. The summed E-state index contributed by atoms with van der Waals surface area (Å²) in [6, 6.07) is 12.3. The number of rotatable bonds is 3. The van der Waals surface area contributed by atoms with Gasteiger partial charge in [-0.05, 0) is 29.0 Å². The normalized spacial score (nSPS) is 21.7. The Bertz CT molecular complexity index is 623. The van der Waals surface area contributed by atoms with Crippen molar-refractivity contribution in [1.29, 1.82) is 0 Å². The highest BCUT2D eigenvalue weighted by Crippen LogP contribution is 2.29. The summed E-state index contributed by atoms with van der Waals surface area (Å²) in [4.78, 5) is 15.5. The maximum Gasteiger partial charge on any atom is 0.264 e. The molecule has 0 saturated carbocycles. The van der Waals surface area contributed by atoms with Gasteiger partial charge in [-0.15, -0.1) is 11.3 Å². The van der Waals surface area contributed by atoms with Crippen LogP contribution >= 0.6 is 11.3 Å². The largest absolute Gasteiger partial charge is 0.336 e. The first kappa shape index (κ1) is 14.3. The van der Waals surface area contributed by atoms with Gasteiger partial charge < -0.3 is 10.6 Å². The molecule has 2 atom stereocenters. The van der Waals surface area contributed by atoms with E-state index >= 15 is 0 Å². The van der Waals surface area contributed by atoms with Crippen LogP contribution in [0.2, 0.25) is 0 Å².